The first-order chi connectivity index (χ1) is 21.8. The van der Waals surface area contributed by atoms with Gasteiger partial charge in [0, 0.05) is 80.3 Å². The van der Waals surface area contributed by atoms with Gasteiger partial charge in [0.05, 0.1) is 19.2 Å². The first-order valence-electron chi connectivity index (χ1n) is 14.8. The van der Waals surface area contributed by atoms with Gasteiger partial charge >= 0.3 is 0 Å². The number of ether oxygens (including phenoxy) is 2. The van der Waals surface area contributed by atoms with Gasteiger partial charge in [0.15, 0.2) is 0 Å². The first-order valence-corrected chi connectivity index (χ1v) is 15.2. The van der Waals surface area contributed by atoms with Crippen LogP contribution in [0.15, 0.2) is 66.1 Å². The molecule has 0 atom stereocenters. The van der Waals surface area contributed by atoms with Gasteiger partial charge in [0.2, 0.25) is 11.9 Å². The van der Waals surface area contributed by atoms with Crippen molar-refractivity contribution in [3.63, 3.8) is 0 Å². The topological polar surface area (TPSA) is 114 Å². The zero-order valence-electron chi connectivity index (χ0n) is 25.8. The Balaban J connectivity index is 1.48. The van der Waals surface area contributed by atoms with Crippen molar-refractivity contribution < 1.29 is 14.3 Å². The highest BCUT2D eigenvalue weighted by atomic mass is 35.5. The van der Waals surface area contributed by atoms with Gasteiger partial charge in [-0.15, -0.1) is 0 Å². The monoisotopic (exact) mass is 631 g/mol. The van der Waals surface area contributed by atoms with Crippen LogP contribution in [0.2, 0.25) is 5.02 Å². The van der Waals surface area contributed by atoms with Crippen LogP contribution in [-0.2, 0) is 17.8 Å². The molecule has 1 saturated heterocycles. The molecule has 1 fully saturated rings. The lowest BCUT2D eigenvalue weighted by molar-refractivity contribution is -0.111. The van der Waals surface area contributed by atoms with E-state index in [1.807, 2.05) is 24.3 Å². The maximum Gasteiger partial charge on any atom is 0.260 e. The number of carbonyl (C=O) groups is 1. The summed E-state index contributed by atoms with van der Waals surface area (Å²) in [6.45, 7) is 9.55. The summed E-state index contributed by atoms with van der Waals surface area (Å²) < 4.78 is 12.6. The Morgan fingerprint density at radius 3 is 2.49 bits per heavy atom. The third-order valence-electron chi connectivity index (χ3n) is 7.92. The minimum atomic E-state index is -0.280. The fraction of sp³-hybridized carbons (Fsp3) is 0.333. The van der Waals surface area contributed by atoms with E-state index < -0.39 is 0 Å². The van der Waals surface area contributed by atoms with Crippen LogP contribution in [-0.4, -0.2) is 90.8 Å². The van der Waals surface area contributed by atoms with Crippen LogP contribution in [0.3, 0.4) is 0 Å². The summed E-state index contributed by atoms with van der Waals surface area (Å²) in [5.41, 5.74) is 2.78. The van der Waals surface area contributed by atoms with Crippen LogP contribution in [0, 0.1) is 0 Å². The molecule has 0 bridgehead atoms. The predicted octanol–water partition coefficient (Wildman–Crippen LogP) is 4.16. The Bertz CT molecular complexity index is 1730. The van der Waals surface area contributed by atoms with Gasteiger partial charge in [-0.05, 0) is 49.4 Å². The average Bonchev–Trinajstić information content (AvgIpc) is 3.06. The number of piperazine rings is 1. The number of nitrogens with zero attached hydrogens (tertiary/aromatic N) is 5. The number of carbonyl (C=O) groups excluding carboxylic acids is 1. The number of pyridine rings is 1. The van der Waals surface area contributed by atoms with Gasteiger partial charge in [-0.2, -0.15) is 4.98 Å². The van der Waals surface area contributed by atoms with Crippen LogP contribution in [0.4, 0.5) is 11.6 Å². The molecule has 1 amide bonds. The second-order valence-corrected chi connectivity index (χ2v) is 11.3. The van der Waals surface area contributed by atoms with Crippen molar-refractivity contribution in [3.8, 4) is 22.6 Å². The second kappa shape index (κ2) is 14.6. The van der Waals surface area contributed by atoms with Gasteiger partial charge in [-0.1, -0.05) is 30.3 Å². The Kier molecular flexibility index (Phi) is 10.3. The molecule has 0 saturated carbocycles. The number of fused-ring (bicyclic) bond motifs is 1. The molecule has 11 nitrogen and oxygen atoms in total. The number of benzene rings is 2. The summed E-state index contributed by atoms with van der Waals surface area (Å²) in [6, 6.07) is 12.6. The maximum atomic E-state index is 14.2. The Hall–Kier alpha value is -4.45. The molecule has 0 radical (unpaired) electrons. The lowest BCUT2D eigenvalue weighted by Gasteiger charge is -2.32. The number of aryl methyl sites for hydroxylation is 2. The summed E-state index contributed by atoms with van der Waals surface area (Å²) >= 11 is 6.72. The van der Waals surface area contributed by atoms with Crippen molar-refractivity contribution in [2.24, 2.45) is 0 Å². The lowest BCUT2D eigenvalue weighted by Crippen LogP contribution is -2.45. The van der Waals surface area contributed by atoms with Crippen LogP contribution in [0.25, 0.3) is 22.2 Å². The molecule has 12 heteroatoms. The quantitative estimate of drug-likeness (QED) is 0.223. The average molecular weight is 632 g/mol. The van der Waals surface area contributed by atoms with E-state index >= 15 is 0 Å². The van der Waals surface area contributed by atoms with Crippen molar-refractivity contribution in [3.05, 3.63) is 82.3 Å². The highest BCUT2D eigenvalue weighted by Crippen LogP contribution is 2.38. The highest BCUT2D eigenvalue weighted by Gasteiger charge is 2.19. The number of hydrogen-bond donors (Lipinski definition) is 2. The molecule has 4 aromatic rings. The minimum Gasteiger partial charge on any atom is -0.497 e. The van der Waals surface area contributed by atoms with E-state index in [4.69, 9.17) is 26.1 Å². The zero-order valence-corrected chi connectivity index (χ0v) is 26.6. The molecule has 1 aliphatic heterocycles. The molecule has 0 unspecified atom stereocenters. The Morgan fingerprint density at radius 2 is 1.80 bits per heavy atom. The maximum absolute atomic E-state index is 14.2. The summed E-state index contributed by atoms with van der Waals surface area (Å²) in [5, 5.41) is 7.08. The van der Waals surface area contributed by atoms with E-state index in [0.717, 1.165) is 38.3 Å². The molecule has 45 heavy (non-hydrogen) atoms. The largest absolute Gasteiger partial charge is 0.497 e. The second-order valence-electron chi connectivity index (χ2n) is 10.9. The number of amides is 1. The number of nitrogens with one attached hydrogen (secondary N) is 2. The highest BCUT2D eigenvalue weighted by molar-refractivity contribution is 6.35. The van der Waals surface area contributed by atoms with Crippen molar-refractivity contribution in [1.29, 1.82) is 0 Å². The van der Waals surface area contributed by atoms with Gasteiger partial charge in [-0.3, -0.25) is 19.1 Å². The van der Waals surface area contributed by atoms with Crippen molar-refractivity contribution in [2.75, 3.05) is 71.2 Å². The molecule has 3 heterocycles. The number of methoxy groups -OCH3 is 2. The molecule has 2 aromatic carbocycles. The molecule has 1 aliphatic rings. The minimum absolute atomic E-state index is 0.253. The number of halogens is 1. The lowest BCUT2D eigenvalue weighted by atomic mass is 10.0. The zero-order chi connectivity index (χ0) is 31.9. The molecule has 236 valence electrons. The summed E-state index contributed by atoms with van der Waals surface area (Å²) in [6.07, 6.45) is 3.49. The van der Waals surface area contributed by atoms with Crippen LogP contribution >= 0.6 is 11.6 Å². The summed E-state index contributed by atoms with van der Waals surface area (Å²) in [4.78, 5) is 40.0. The van der Waals surface area contributed by atoms with Crippen LogP contribution in [0.1, 0.15) is 5.56 Å². The molecule has 2 N–H and O–H groups in total. The fourth-order valence-electron chi connectivity index (χ4n) is 5.27. The van der Waals surface area contributed by atoms with E-state index in [9.17, 15) is 9.59 Å². The summed E-state index contributed by atoms with van der Waals surface area (Å²) in [5.74, 6) is 1.09. The molecule has 2 aromatic heterocycles. The number of aromatic nitrogens is 3. The van der Waals surface area contributed by atoms with E-state index in [2.05, 4.69) is 39.0 Å². The van der Waals surface area contributed by atoms with Crippen LogP contribution in [0.5, 0.6) is 11.5 Å². The number of hydrogen-bond acceptors (Lipinski definition) is 9. The Morgan fingerprint density at radius 1 is 1.04 bits per heavy atom. The van der Waals surface area contributed by atoms with Crippen LogP contribution < -0.4 is 25.7 Å². The molecular weight excluding hydrogens is 594 g/mol. The molecule has 5 rings (SSSR count). The van der Waals surface area contributed by atoms with Gasteiger partial charge in [0.1, 0.15) is 17.1 Å². The number of rotatable bonds is 12. The predicted molar refractivity (Wildman–Crippen MR) is 179 cm³/mol. The van der Waals surface area contributed by atoms with Gasteiger partial charge in [-0.25, -0.2) is 4.98 Å². The van der Waals surface area contributed by atoms with E-state index in [0.29, 0.717) is 69.8 Å². The van der Waals surface area contributed by atoms with E-state index in [1.165, 1.54) is 13.2 Å². The third-order valence-corrected chi connectivity index (χ3v) is 8.31. The standard InChI is InChI=1S/C33H38ClN7O4/c1-5-29(42)37-24-8-6-22(7-9-24)10-12-41-31-23(21-36-33(38-31)35-11-13-40-16-14-39(2)15-17-40)18-27(32(41)43)26-19-25(44-3)20-28(45-4)30(26)34/h5-9,18-21H,1,10-17H2,2-4H3,(H,37,42)(H,35,36,38). The molecule has 0 spiro atoms. The van der Waals surface area contributed by atoms with E-state index in [-0.39, 0.29) is 11.5 Å². The van der Waals surface area contributed by atoms with Crippen molar-refractivity contribution in [2.45, 2.75) is 13.0 Å². The van der Waals surface area contributed by atoms with E-state index in [1.54, 1.807) is 36.1 Å². The SMILES string of the molecule is C=CC(=O)Nc1ccc(CCn2c(=O)c(-c3cc(OC)cc(OC)c3Cl)cc3cnc(NCCN4CCN(C)CC4)nc32)cc1. The molecule has 0 aliphatic carbocycles. The van der Waals surface area contributed by atoms with Gasteiger partial charge < -0.3 is 25.0 Å². The first kappa shape index (κ1) is 32.0. The fourth-order valence-corrected chi connectivity index (χ4v) is 5.55. The number of likely N-dealkylation sites (N-methyl/N-ethyl adjacent to an activating group) is 1. The van der Waals surface area contributed by atoms with Gasteiger partial charge in [0.25, 0.3) is 5.56 Å². The normalized spacial score (nSPS) is 13.9. The van der Waals surface area contributed by atoms with Crippen molar-refractivity contribution >= 4 is 40.2 Å². The smallest absolute Gasteiger partial charge is 0.260 e. The van der Waals surface area contributed by atoms with Crippen molar-refractivity contribution in [1.82, 2.24) is 24.3 Å². The Labute approximate surface area is 267 Å². The number of anilines is 2. The molecular formula is C33H38ClN7O4. The third kappa shape index (κ3) is 7.62. The summed E-state index contributed by atoms with van der Waals surface area (Å²) in [7, 11) is 5.20.